The summed E-state index contributed by atoms with van der Waals surface area (Å²) in [6.07, 6.45) is 16.6. The van der Waals surface area contributed by atoms with Gasteiger partial charge in [0, 0.05) is 51.3 Å². The molecule has 0 radical (unpaired) electrons. The molecule has 0 saturated carbocycles. The van der Waals surface area contributed by atoms with E-state index in [1.165, 1.54) is 105 Å². The van der Waals surface area contributed by atoms with Gasteiger partial charge in [-0.3, -0.25) is 4.79 Å². The molecule has 0 unspecified atom stereocenters. The zero-order chi connectivity index (χ0) is 61.1. The number of aliphatic carboxylic acids is 1. The van der Waals surface area contributed by atoms with Crippen LogP contribution in [0.4, 0.5) is 49.1 Å². The molecule has 1 amide bonds. The number of nitrogens with one attached hydrogen (secondary N) is 1. The number of hydrogen-bond donors (Lipinski definition) is 1. The van der Waals surface area contributed by atoms with Crippen molar-refractivity contribution in [3.05, 3.63) is 196 Å². The highest BCUT2D eigenvalue weighted by Gasteiger charge is 2.45. The van der Waals surface area contributed by atoms with E-state index in [-0.39, 0.29) is 28.0 Å². The number of pyridine rings is 1. The van der Waals surface area contributed by atoms with Crippen LogP contribution in [0.3, 0.4) is 0 Å². The van der Waals surface area contributed by atoms with E-state index in [9.17, 15) is 41.0 Å². The monoisotopic (exact) mass is 1170 g/mol. The number of unbranched alkanes of at least 4 members (excludes halogenated alkanes) is 12. The Labute approximate surface area is 504 Å². The third-order valence-electron chi connectivity index (χ3n) is 17.9. The van der Waals surface area contributed by atoms with Crippen molar-refractivity contribution in [3.63, 3.8) is 0 Å². The Balaban J connectivity index is 1.21. The largest absolute Gasteiger partial charge is 0.544 e. The number of carboxylic acid groups (broad SMARTS) is 1. The molecule has 0 aliphatic heterocycles. The Morgan fingerprint density at radius 3 is 1.30 bits per heavy atom. The maximum absolute atomic E-state index is 14.4. The summed E-state index contributed by atoms with van der Waals surface area (Å²) in [5.74, 6) is -2.35. The fourth-order valence-corrected chi connectivity index (χ4v) is 13.6. The lowest BCUT2D eigenvalue weighted by Gasteiger charge is -2.35. The maximum atomic E-state index is 14.4. The highest BCUT2D eigenvalue weighted by atomic mass is 19.4. The molecule has 0 saturated heterocycles. The lowest BCUT2D eigenvalue weighted by molar-refractivity contribution is -0.690. The predicted molar refractivity (Wildman–Crippen MR) is 333 cm³/mol. The normalized spacial score (nSPS) is 13.9. The minimum atomic E-state index is -5.14. The second-order valence-corrected chi connectivity index (χ2v) is 23.8. The fraction of sp³-hybridized carbons (Fsp3) is 0.392. The van der Waals surface area contributed by atoms with Gasteiger partial charge in [-0.2, -0.15) is 30.9 Å². The van der Waals surface area contributed by atoms with Gasteiger partial charge >= 0.3 is 12.4 Å². The number of aromatic nitrogens is 1. The van der Waals surface area contributed by atoms with Crippen molar-refractivity contribution in [1.82, 2.24) is 0 Å². The van der Waals surface area contributed by atoms with Crippen LogP contribution in [0.2, 0.25) is 0 Å². The van der Waals surface area contributed by atoms with Crippen LogP contribution in [-0.4, -0.2) is 11.9 Å². The van der Waals surface area contributed by atoms with Crippen LogP contribution in [0.15, 0.2) is 152 Å². The molecule has 9 rings (SSSR count). The molecule has 2 aliphatic carbocycles. The number of anilines is 4. The number of rotatable bonds is 29. The molecule has 2 aliphatic rings. The smallest absolute Gasteiger partial charge is 0.416 e. The highest BCUT2D eigenvalue weighted by molar-refractivity contribution is 6.29. The Morgan fingerprint density at radius 2 is 0.895 bits per heavy atom. The van der Waals surface area contributed by atoms with E-state index in [1.54, 1.807) is 0 Å². The van der Waals surface area contributed by atoms with Gasteiger partial charge in [0.05, 0.1) is 11.1 Å². The molecule has 86 heavy (non-hydrogen) atoms. The zero-order valence-electron chi connectivity index (χ0n) is 50.2. The van der Waals surface area contributed by atoms with Gasteiger partial charge in [-0.1, -0.05) is 203 Å². The van der Waals surface area contributed by atoms with Crippen LogP contribution in [0.5, 0.6) is 0 Å². The predicted octanol–water partition coefficient (Wildman–Crippen LogP) is 19.8. The summed E-state index contributed by atoms with van der Waals surface area (Å²) in [5, 5.41) is 13.8. The first kappa shape index (κ1) is 63.0. The Hall–Kier alpha value is -7.47. The van der Waals surface area contributed by atoms with Gasteiger partial charge in [0.25, 0.3) is 5.91 Å². The number of nitrogens with zero attached hydrogens (tertiary/aromatic N) is 2. The van der Waals surface area contributed by atoms with Crippen molar-refractivity contribution in [3.8, 4) is 22.3 Å². The summed E-state index contributed by atoms with van der Waals surface area (Å²) in [5.41, 5.74) is 9.77. The van der Waals surface area contributed by atoms with E-state index >= 15 is 0 Å². The van der Waals surface area contributed by atoms with Gasteiger partial charge in [-0.25, -0.2) is 0 Å². The van der Waals surface area contributed by atoms with Crippen molar-refractivity contribution in [2.75, 3.05) is 10.2 Å². The molecule has 7 aromatic rings. The molecule has 12 heteroatoms. The van der Waals surface area contributed by atoms with E-state index in [1.807, 2.05) is 24.3 Å². The van der Waals surface area contributed by atoms with Crippen LogP contribution in [0.25, 0.3) is 33.9 Å². The summed E-state index contributed by atoms with van der Waals surface area (Å²) < 4.78 is 85.6. The van der Waals surface area contributed by atoms with Gasteiger partial charge in [0.15, 0.2) is 18.9 Å². The first-order valence-corrected chi connectivity index (χ1v) is 31.4. The van der Waals surface area contributed by atoms with E-state index < -0.39 is 47.6 Å². The second kappa shape index (κ2) is 27.9. The van der Waals surface area contributed by atoms with Crippen molar-refractivity contribution >= 4 is 46.3 Å². The maximum Gasteiger partial charge on any atom is 0.416 e. The van der Waals surface area contributed by atoms with Gasteiger partial charge in [0.1, 0.15) is 5.97 Å². The lowest BCUT2D eigenvalue weighted by atomic mass is 9.70. The minimum Gasteiger partial charge on any atom is -0.544 e. The van der Waals surface area contributed by atoms with Gasteiger partial charge in [0.2, 0.25) is 0 Å². The van der Waals surface area contributed by atoms with Crippen molar-refractivity contribution < 1.29 is 45.6 Å². The number of carbonyl (C=O) groups excluding carboxylic acids is 2. The Morgan fingerprint density at radius 1 is 0.488 bits per heavy atom. The first-order valence-electron chi connectivity index (χ1n) is 31.4. The fourth-order valence-electron chi connectivity index (χ4n) is 13.6. The number of halogens is 6. The standard InChI is InChI=1S/C74H81F6N3O3/c1-5-9-13-21-39-71(40-22-14-10-6-2)65-27-19-17-25-60(65)62-35-33-58(49-67(62)71)83(59-34-36-63-61-26-18-20-28-66(61)72(68(63)50-59,41-23-15-11-7-3)42-24-16-12-8-4)57-31-29-52(30-32-57)45-64(53-37-43-82(44-38-53)51-69(84)85)70(86)81-56-47-54(73(75,76)77)46-55(48-56)74(78,79)80/h17-20,25-38,43-50H,5-16,21-24,39-42,51H2,1-4H3,(H-,81,84,85,86). The molecule has 6 aromatic carbocycles. The number of fused-ring (bicyclic) bond motifs is 6. The molecule has 0 fully saturated rings. The van der Waals surface area contributed by atoms with Crippen LogP contribution in [0, 0.1) is 0 Å². The number of benzene rings is 6. The highest BCUT2D eigenvalue weighted by Crippen LogP contribution is 2.58. The summed E-state index contributed by atoms with van der Waals surface area (Å²) in [7, 11) is 0. The number of alkyl halides is 6. The zero-order valence-corrected chi connectivity index (χ0v) is 50.2. The van der Waals surface area contributed by atoms with Crippen molar-refractivity contribution in [1.29, 1.82) is 0 Å². The van der Waals surface area contributed by atoms with Crippen molar-refractivity contribution in [2.45, 2.75) is 186 Å². The summed E-state index contributed by atoms with van der Waals surface area (Å²) in [6.45, 7) is 8.52. The van der Waals surface area contributed by atoms with Gasteiger partial charge in [-0.05, 0) is 142 Å². The molecular formula is C74H81F6N3O3. The van der Waals surface area contributed by atoms with Crippen molar-refractivity contribution in [2.24, 2.45) is 0 Å². The van der Waals surface area contributed by atoms with E-state index in [4.69, 9.17) is 0 Å². The van der Waals surface area contributed by atoms with E-state index in [0.717, 1.165) is 120 Å². The number of carboxylic acids is 1. The molecule has 6 nitrogen and oxygen atoms in total. The average Bonchev–Trinajstić information content (AvgIpc) is 1.84. The minimum absolute atomic E-state index is 0.00725. The summed E-state index contributed by atoms with van der Waals surface area (Å²) in [4.78, 5) is 28.3. The SMILES string of the molecule is CCCCCCC1(CCCCCC)c2ccccc2-c2ccc(N(c3ccc(/C=C(\C(=O)Nc4cc(C(F)(F)F)cc(C(F)(F)F)c4)c4cc[n+](CC(=O)[O-])cc4)cc3)c3ccc4c(c3)C(CCCCCC)(CCCCCC)c3ccccc3-4)cc21. The molecule has 1 heterocycles. The van der Waals surface area contributed by atoms with E-state index in [0.29, 0.717) is 17.7 Å². The quantitative estimate of drug-likeness (QED) is 0.0219. The Kier molecular flexibility index (Phi) is 20.5. The molecular weight excluding hydrogens is 1090 g/mol. The molecule has 0 bridgehead atoms. The average molecular weight is 1170 g/mol. The van der Waals surface area contributed by atoms with Crippen LogP contribution < -0.4 is 19.9 Å². The summed E-state index contributed by atoms with van der Waals surface area (Å²) in [6, 6.07) is 43.5. The van der Waals surface area contributed by atoms with E-state index in [2.05, 4.69) is 123 Å². The number of carbonyl (C=O) groups is 2. The third-order valence-corrected chi connectivity index (χ3v) is 17.9. The summed E-state index contributed by atoms with van der Waals surface area (Å²) >= 11 is 0. The number of amides is 1. The first-order chi connectivity index (χ1) is 41.4. The topological polar surface area (TPSA) is 76.4 Å². The van der Waals surface area contributed by atoms with Crippen LogP contribution >= 0.6 is 0 Å². The van der Waals surface area contributed by atoms with Crippen LogP contribution in [-0.2, 0) is 39.3 Å². The third kappa shape index (κ3) is 14.0. The lowest BCUT2D eigenvalue weighted by Crippen LogP contribution is -2.43. The second-order valence-electron chi connectivity index (χ2n) is 23.8. The molecule has 1 aromatic heterocycles. The van der Waals surface area contributed by atoms with Crippen LogP contribution in [0.1, 0.15) is 201 Å². The molecule has 0 spiro atoms. The molecule has 452 valence electrons. The molecule has 0 atom stereocenters. The Bertz CT molecular complexity index is 3310. The van der Waals surface area contributed by atoms with Gasteiger partial charge < -0.3 is 20.1 Å². The molecule has 1 N–H and O–H groups in total. The van der Waals surface area contributed by atoms with Gasteiger partial charge in [-0.15, -0.1) is 0 Å². The number of hydrogen-bond acceptors (Lipinski definition) is 4.